The van der Waals surface area contributed by atoms with Crippen molar-refractivity contribution in [2.45, 2.75) is 31.8 Å². The lowest BCUT2D eigenvalue weighted by molar-refractivity contribution is 0.256. The molecule has 1 N–H and O–H groups in total. The third-order valence-corrected chi connectivity index (χ3v) is 1.87. The van der Waals surface area contributed by atoms with Crippen LogP contribution in [0.3, 0.4) is 0 Å². The van der Waals surface area contributed by atoms with E-state index < -0.39 is 0 Å². The summed E-state index contributed by atoms with van der Waals surface area (Å²) in [5.74, 6) is 0.630. The zero-order chi connectivity index (χ0) is 6.69. The van der Waals surface area contributed by atoms with Gasteiger partial charge in [-0.3, -0.25) is 0 Å². The number of aliphatic hydroxyl groups excluding tert-OH is 1. The van der Waals surface area contributed by atoms with Crippen LogP contribution in [0.1, 0.15) is 25.7 Å². The van der Waals surface area contributed by atoms with Crippen LogP contribution >= 0.6 is 0 Å². The van der Waals surface area contributed by atoms with Gasteiger partial charge in [-0.25, -0.2) is 0 Å². The van der Waals surface area contributed by atoms with Gasteiger partial charge in [-0.05, 0) is 31.6 Å². The fourth-order valence-corrected chi connectivity index (χ4v) is 1.07. The Bertz CT molecular complexity index is 98.7. The Morgan fingerprint density at radius 2 is 2.33 bits per heavy atom. The largest absolute Gasteiger partial charge is 0.393 e. The number of hydrogen-bond acceptors (Lipinski definition) is 1. The van der Waals surface area contributed by atoms with Gasteiger partial charge < -0.3 is 5.11 Å². The number of rotatable bonds is 4. The predicted molar refractivity (Wildman–Crippen MR) is 38.2 cm³/mol. The Kier molecular flexibility index (Phi) is 2.29. The van der Waals surface area contributed by atoms with Crippen LogP contribution in [0, 0.1) is 5.92 Å². The molecule has 1 rings (SSSR count). The van der Waals surface area contributed by atoms with E-state index in [1.54, 1.807) is 0 Å². The molecular weight excluding hydrogens is 112 g/mol. The molecule has 1 heteroatoms. The number of aliphatic hydroxyl groups is 1. The molecule has 1 saturated carbocycles. The third-order valence-electron chi connectivity index (χ3n) is 1.87. The van der Waals surface area contributed by atoms with Gasteiger partial charge in [0.1, 0.15) is 0 Å². The molecule has 1 nitrogen and oxygen atoms in total. The van der Waals surface area contributed by atoms with Crippen LogP contribution in [0.2, 0.25) is 0 Å². The second-order valence-electron chi connectivity index (χ2n) is 2.78. The summed E-state index contributed by atoms with van der Waals surface area (Å²) in [6.07, 6.45) is 6.50. The summed E-state index contributed by atoms with van der Waals surface area (Å²) in [5, 5.41) is 8.90. The number of allylic oxidation sites excluding steroid dienone is 1. The van der Waals surface area contributed by atoms with Crippen molar-refractivity contribution in [2.24, 2.45) is 5.92 Å². The molecular formula is C8H14O. The molecule has 0 heterocycles. The van der Waals surface area contributed by atoms with Gasteiger partial charge in [0.05, 0.1) is 6.10 Å². The van der Waals surface area contributed by atoms with E-state index in [4.69, 9.17) is 5.11 Å². The Hall–Kier alpha value is -0.300. The highest BCUT2D eigenvalue weighted by atomic mass is 16.3. The van der Waals surface area contributed by atoms with E-state index >= 15 is 0 Å². The highest BCUT2D eigenvalue weighted by Gasteiger charge is 2.33. The molecule has 0 spiro atoms. The second kappa shape index (κ2) is 3.02. The number of hydrogen-bond donors (Lipinski definition) is 1. The van der Waals surface area contributed by atoms with E-state index in [1.165, 1.54) is 12.8 Å². The van der Waals surface area contributed by atoms with Crippen LogP contribution < -0.4 is 0 Å². The Morgan fingerprint density at radius 3 is 2.78 bits per heavy atom. The molecule has 0 saturated heterocycles. The van der Waals surface area contributed by atoms with E-state index in [0.29, 0.717) is 5.92 Å². The topological polar surface area (TPSA) is 20.2 Å². The normalized spacial score (nSPS) is 32.1. The van der Waals surface area contributed by atoms with E-state index in [1.807, 2.05) is 6.08 Å². The van der Waals surface area contributed by atoms with Gasteiger partial charge in [-0.2, -0.15) is 0 Å². The first-order chi connectivity index (χ1) is 4.34. The summed E-state index contributed by atoms with van der Waals surface area (Å²) in [5.41, 5.74) is 0. The standard InChI is InChI=1S/C8H14O/c1-2-3-4-5-7-6-8(7)9/h2,7-9H,1,3-6H2. The van der Waals surface area contributed by atoms with Crippen molar-refractivity contribution in [1.29, 1.82) is 0 Å². The fraction of sp³-hybridized carbons (Fsp3) is 0.750. The Morgan fingerprint density at radius 1 is 1.67 bits per heavy atom. The quantitative estimate of drug-likeness (QED) is 0.449. The van der Waals surface area contributed by atoms with Crippen LogP contribution in [0.5, 0.6) is 0 Å². The van der Waals surface area contributed by atoms with Crippen LogP contribution in [0.4, 0.5) is 0 Å². The average Bonchev–Trinajstić information content (AvgIpc) is 2.48. The number of unbranched alkanes of at least 4 members (excludes halogenated alkanes) is 1. The Balaban J connectivity index is 1.88. The van der Waals surface area contributed by atoms with Gasteiger partial charge in [0.2, 0.25) is 0 Å². The lowest BCUT2D eigenvalue weighted by Gasteiger charge is -1.91. The highest BCUT2D eigenvalue weighted by molar-refractivity contribution is 4.85. The van der Waals surface area contributed by atoms with Crippen LogP contribution in [0.15, 0.2) is 12.7 Å². The van der Waals surface area contributed by atoms with Crippen molar-refractivity contribution in [3.63, 3.8) is 0 Å². The van der Waals surface area contributed by atoms with Gasteiger partial charge >= 0.3 is 0 Å². The van der Waals surface area contributed by atoms with E-state index in [0.717, 1.165) is 12.8 Å². The molecule has 0 aromatic heterocycles. The molecule has 0 aliphatic heterocycles. The SMILES string of the molecule is C=CCCCC1CC1O. The average molecular weight is 126 g/mol. The first-order valence-corrected chi connectivity index (χ1v) is 3.63. The fourth-order valence-electron chi connectivity index (χ4n) is 1.07. The van der Waals surface area contributed by atoms with Gasteiger partial charge in [0.15, 0.2) is 0 Å². The molecule has 2 atom stereocenters. The minimum Gasteiger partial charge on any atom is -0.393 e. The highest BCUT2D eigenvalue weighted by Crippen LogP contribution is 2.34. The Labute approximate surface area is 56.4 Å². The maximum absolute atomic E-state index is 8.90. The van der Waals surface area contributed by atoms with E-state index in [2.05, 4.69) is 6.58 Å². The summed E-state index contributed by atoms with van der Waals surface area (Å²) >= 11 is 0. The van der Waals surface area contributed by atoms with Gasteiger partial charge in [0, 0.05) is 0 Å². The monoisotopic (exact) mass is 126 g/mol. The van der Waals surface area contributed by atoms with Gasteiger partial charge in [-0.1, -0.05) is 6.08 Å². The molecule has 9 heavy (non-hydrogen) atoms. The van der Waals surface area contributed by atoms with Crippen molar-refractivity contribution in [2.75, 3.05) is 0 Å². The first-order valence-electron chi connectivity index (χ1n) is 3.63. The third kappa shape index (κ3) is 2.19. The van der Waals surface area contributed by atoms with Crippen LogP contribution in [-0.2, 0) is 0 Å². The summed E-state index contributed by atoms with van der Waals surface area (Å²) in [6, 6.07) is 0. The van der Waals surface area contributed by atoms with Crippen molar-refractivity contribution in [1.82, 2.24) is 0 Å². The van der Waals surface area contributed by atoms with Crippen molar-refractivity contribution in [3.05, 3.63) is 12.7 Å². The van der Waals surface area contributed by atoms with Crippen LogP contribution in [-0.4, -0.2) is 11.2 Å². The lowest BCUT2D eigenvalue weighted by atomic mass is 10.2. The smallest absolute Gasteiger partial charge is 0.0573 e. The summed E-state index contributed by atoms with van der Waals surface area (Å²) in [6.45, 7) is 3.63. The predicted octanol–water partition coefficient (Wildman–Crippen LogP) is 1.72. The van der Waals surface area contributed by atoms with Gasteiger partial charge in [-0.15, -0.1) is 6.58 Å². The van der Waals surface area contributed by atoms with Crippen molar-refractivity contribution < 1.29 is 5.11 Å². The van der Waals surface area contributed by atoms with E-state index in [-0.39, 0.29) is 6.10 Å². The molecule has 52 valence electrons. The van der Waals surface area contributed by atoms with Gasteiger partial charge in [0.25, 0.3) is 0 Å². The zero-order valence-corrected chi connectivity index (χ0v) is 5.71. The lowest BCUT2D eigenvalue weighted by Crippen LogP contribution is -1.84. The summed E-state index contributed by atoms with van der Waals surface area (Å²) in [7, 11) is 0. The molecule has 0 aromatic carbocycles. The van der Waals surface area contributed by atoms with Crippen LogP contribution in [0.25, 0.3) is 0 Å². The summed E-state index contributed by atoms with van der Waals surface area (Å²) in [4.78, 5) is 0. The molecule has 0 radical (unpaired) electrons. The molecule has 1 aliphatic rings. The van der Waals surface area contributed by atoms with Crippen molar-refractivity contribution >= 4 is 0 Å². The van der Waals surface area contributed by atoms with Crippen molar-refractivity contribution in [3.8, 4) is 0 Å². The molecule has 0 bridgehead atoms. The first kappa shape index (κ1) is 6.81. The minimum atomic E-state index is 0.0369. The zero-order valence-electron chi connectivity index (χ0n) is 5.71. The second-order valence-corrected chi connectivity index (χ2v) is 2.78. The molecule has 1 fully saturated rings. The van der Waals surface area contributed by atoms with E-state index in [9.17, 15) is 0 Å². The maximum Gasteiger partial charge on any atom is 0.0573 e. The molecule has 1 aliphatic carbocycles. The maximum atomic E-state index is 8.90. The molecule has 0 aromatic rings. The molecule has 0 amide bonds. The minimum absolute atomic E-state index is 0.0369. The summed E-state index contributed by atoms with van der Waals surface area (Å²) < 4.78 is 0. The molecule has 2 unspecified atom stereocenters.